The van der Waals surface area contributed by atoms with E-state index in [2.05, 4.69) is 4.90 Å². The van der Waals surface area contributed by atoms with Crippen molar-refractivity contribution in [1.82, 2.24) is 4.90 Å². The molecule has 2 aliphatic rings. The van der Waals surface area contributed by atoms with Crippen molar-refractivity contribution in [2.45, 2.75) is 25.7 Å². The summed E-state index contributed by atoms with van der Waals surface area (Å²) in [4.78, 5) is 13.2. The van der Waals surface area contributed by atoms with Crippen molar-refractivity contribution >= 4 is 5.97 Å². The Kier molecular flexibility index (Phi) is 2.59. The van der Waals surface area contributed by atoms with Crippen molar-refractivity contribution in [1.29, 1.82) is 0 Å². The third-order valence-corrected chi connectivity index (χ3v) is 3.43. The molecule has 0 aromatic heterocycles. The predicted molar refractivity (Wildman–Crippen MR) is 54.1 cm³/mol. The maximum atomic E-state index is 11.1. The first-order chi connectivity index (χ1) is 6.68. The topological polar surface area (TPSA) is 40.5 Å². The molecule has 1 aliphatic heterocycles. The summed E-state index contributed by atoms with van der Waals surface area (Å²) in [5.74, 6) is -0.117. The van der Waals surface area contributed by atoms with E-state index in [9.17, 15) is 4.79 Å². The predicted octanol–water partition coefficient (Wildman–Crippen LogP) is 1.50. The second kappa shape index (κ2) is 3.73. The number of hydrogen-bond acceptors (Lipinski definition) is 2. The van der Waals surface area contributed by atoms with Crippen LogP contribution in [-0.4, -0.2) is 36.1 Å². The molecule has 3 nitrogen and oxygen atoms in total. The molecule has 3 heteroatoms. The average molecular weight is 195 g/mol. The normalized spacial score (nSPS) is 24.9. The second-order valence-electron chi connectivity index (χ2n) is 4.42. The Labute approximate surface area is 84.4 Å². The van der Waals surface area contributed by atoms with E-state index in [-0.39, 0.29) is 0 Å². The molecule has 78 valence electrons. The largest absolute Gasteiger partial charge is 0.478 e. The molecule has 0 radical (unpaired) electrons. The fourth-order valence-electron chi connectivity index (χ4n) is 2.32. The van der Waals surface area contributed by atoms with Crippen molar-refractivity contribution in [2.24, 2.45) is 5.92 Å². The molecule has 1 heterocycles. The van der Waals surface area contributed by atoms with Crippen LogP contribution in [0.4, 0.5) is 0 Å². The molecule has 1 aliphatic carbocycles. The summed E-state index contributed by atoms with van der Waals surface area (Å²) in [6.45, 7) is 1.64. The third-order valence-electron chi connectivity index (χ3n) is 3.43. The summed E-state index contributed by atoms with van der Waals surface area (Å²) in [6, 6.07) is 0. The highest BCUT2D eigenvalue weighted by Crippen LogP contribution is 2.37. The maximum Gasteiger partial charge on any atom is 0.332 e. The minimum Gasteiger partial charge on any atom is -0.478 e. The minimum absolute atomic E-state index is 0.592. The number of carboxylic acids is 1. The van der Waals surface area contributed by atoms with E-state index in [0.29, 0.717) is 18.0 Å². The zero-order valence-electron chi connectivity index (χ0n) is 8.62. The molecule has 0 unspecified atom stereocenters. The number of carboxylic acid groups (broad SMARTS) is 1. The number of rotatable bonds is 2. The van der Waals surface area contributed by atoms with E-state index in [1.165, 1.54) is 24.8 Å². The summed E-state index contributed by atoms with van der Waals surface area (Å²) < 4.78 is 0. The Bertz CT molecular complexity index is 279. The number of likely N-dealkylation sites (N-methyl/N-ethyl adjacent to an activating group) is 1. The lowest BCUT2D eigenvalue weighted by atomic mass is 9.75. The van der Waals surface area contributed by atoms with Gasteiger partial charge in [0.1, 0.15) is 0 Å². The summed E-state index contributed by atoms with van der Waals surface area (Å²) in [5.41, 5.74) is 1.91. The molecule has 0 bridgehead atoms. The van der Waals surface area contributed by atoms with Crippen LogP contribution in [0.1, 0.15) is 25.7 Å². The van der Waals surface area contributed by atoms with Gasteiger partial charge in [-0.1, -0.05) is 12.0 Å². The Morgan fingerprint density at radius 3 is 2.71 bits per heavy atom. The molecule has 1 N–H and O–H groups in total. The highest BCUT2D eigenvalue weighted by atomic mass is 16.4. The van der Waals surface area contributed by atoms with Crippen LogP contribution in [0.5, 0.6) is 0 Å². The van der Waals surface area contributed by atoms with Gasteiger partial charge in [0.15, 0.2) is 0 Å². The lowest BCUT2D eigenvalue weighted by Gasteiger charge is -2.34. The molecule has 14 heavy (non-hydrogen) atoms. The van der Waals surface area contributed by atoms with Gasteiger partial charge in [-0.3, -0.25) is 0 Å². The van der Waals surface area contributed by atoms with E-state index in [1.54, 1.807) is 0 Å². The van der Waals surface area contributed by atoms with Crippen LogP contribution < -0.4 is 0 Å². The molecular weight excluding hydrogens is 178 g/mol. The Morgan fingerprint density at radius 2 is 2.21 bits per heavy atom. The quantitative estimate of drug-likeness (QED) is 0.726. The van der Waals surface area contributed by atoms with Gasteiger partial charge in [0.25, 0.3) is 0 Å². The summed E-state index contributed by atoms with van der Waals surface area (Å²) >= 11 is 0. The summed E-state index contributed by atoms with van der Waals surface area (Å²) in [7, 11) is 1.99. The van der Waals surface area contributed by atoms with Crippen molar-refractivity contribution in [3.63, 3.8) is 0 Å². The van der Waals surface area contributed by atoms with Crippen molar-refractivity contribution in [3.05, 3.63) is 11.1 Å². The van der Waals surface area contributed by atoms with E-state index in [0.717, 1.165) is 13.0 Å². The van der Waals surface area contributed by atoms with Gasteiger partial charge >= 0.3 is 5.97 Å². The third kappa shape index (κ3) is 1.69. The fourth-order valence-corrected chi connectivity index (χ4v) is 2.32. The Hall–Kier alpha value is -0.830. The first-order valence-corrected chi connectivity index (χ1v) is 5.32. The van der Waals surface area contributed by atoms with E-state index < -0.39 is 5.97 Å². The van der Waals surface area contributed by atoms with E-state index in [4.69, 9.17) is 5.11 Å². The van der Waals surface area contributed by atoms with Gasteiger partial charge in [0.2, 0.25) is 0 Å². The lowest BCUT2D eigenvalue weighted by molar-refractivity contribution is -0.133. The van der Waals surface area contributed by atoms with E-state index in [1.807, 2.05) is 7.05 Å². The van der Waals surface area contributed by atoms with Crippen molar-refractivity contribution < 1.29 is 9.90 Å². The van der Waals surface area contributed by atoms with Gasteiger partial charge in [-0.05, 0) is 32.2 Å². The van der Waals surface area contributed by atoms with Gasteiger partial charge in [-0.25, -0.2) is 4.79 Å². The molecule has 0 atom stereocenters. The minimum atomic E-state index is -0.710. The van der Waals surface area contributed by atoms with Crippen LogP contribution in [0.3, 0.4) is 0 Å². The second-order valence-corrected chi connectivity index (χ2v) is 4.42. The van der Waals surface area contributed by atoms with Gasteiger partial charge in [-0.15, -0.1) is 0 Å². The number of carbonyl (C=O) groups is 1. The molecule has 2 rings (SSSR count). The average Bonchev–Trinajstić information content (AvgIpc) is 2.04. The highest BCUT2D eigenvalue weighted by molar-refractivity contribution is 5.88. The van der Waals surface area contributed by atoms with Crippen LogP contribution in [0, 0.1) is 5.92 Å². The molecular formula is C11H17NO2. The van der Waals surface area contributed by atoms with Crippen LogP contribution in [-0.2, 0) is 4.79 Å². The smallest absolute Gasteiger partial charge is 0.332 e. The van der Waals surface area contributed by atoms with Crippen molar-refractivity contribution in [3.8, 4) is 0 Å². The fraction of sp³-hybridized carbons (Fsp3) is 0.727. The number of nitrogens with zero attached hydrogens (tertiary/aromatic N) is 1. The summed E-state index contributed by atoms with van der Waals surface area (Å²) in [5, 5.41) is 9.11. The standard InChI is InChI=1S/C11H17NO2/c1-12-6-5-9(8-3-2-4-8)10(7-12)11(13)14/h8H,2-7H2,1H3,(H,13,14). The zero-order valence-corrected chi connectivity index (χ0v) is 8.62. The SMILES string of the molecule is CN1CCC(C2CCC2)=C(C(=O)O)C1. The number of hydrogen-bond donors (Lipinski definition) is 1. The molecule has 0 aromatic rings. The molecule has 0 saturated heterocycles. The summed E-state index contributed by atoms with van der Waals surface area (Å²) in [6.07, 6.45) is 4.64. The molecule has 1 saturated carbocycles. The van der Waals surface area contributed by atoms with E-state index >= 15 is 0 Å². The first kappa shape index (κ1) is 9.71. The van der Waals surface area contributed by atoms with Crippen molar-refractivity contribution in [2.75, 3.05) is 20.1 Å². The maximum absolute atomic E-state index is 11.1. The first-order valence-electron chi connectivity index (χ1n) is 5.32. The van der Waals surface area contributed by atoms with Gasteiger partial charge in [-0.2, -0.15) is 0 Å². The molecule has 0 aromatic carbocycles. The Balaban J connectivity index is 2.21. The molecule has 0 amide bonds. The molecule has 0 spiro atoms. The Morgan fingerprint density at radius 1 is 1.50 bits per heavy atom. The van der Waals surface area contributed by atoms with Gasteiger partial charge in [0, 0.05) is 13.1 Å². The van der Waals surface area contributed by atoms with Crippen LogP contribution >= 0.6 is 0 Å². The monoisotopic (exact) mass is 195 g/mol. The van der Waals surface area contributed by atoms with Gasteiger partial charge in [0.05, 0.1) is 5.57 Å². The van der Waals surface area contributed by atoms with Crippen LogP contribution in [0.15, 0.2) is 11.1 Å². The molecule has 1 fully saturated rings. The van der Waals surface area contributed by atoms with Gasteiger partial charge < -0.3 is 10.0 Å². The lowest BCUT2D eigenvalue weighted by Crippen LogP contribution is -2.34. The van der Waals surface area contributed by atoms with Crippen LogP contribution in [0.25, 0.3) is 0 Å². The zero-order chi connectivity index (χ0) is 10.1. The number of aliphatic carboxylic acids is 1. The highest BCUT2D eigenvalue weighted by Gasteiger charge is 2.29. The van der Waals surface area contributed by atoms with Crippen LogP contribution in [0.2, 0.25) is 0 Å².